The molecular formula is C12H18O4. The SMILES string of the molecule is CCOC(=O)C(C(C)=O)[C@@H]1CCC[C@H]1C=O. The van der Waals surface area contributed by atoms with Gasteiger partial charge in [0.25, 0.3) is 0 Å². The summed E-state index contributed by atoms with van der Waals surface area (Å²) in [5.74, 6) is -1.75. The van der Waals surface area contributed by atoms with E-state index in [1.165, 1.54) is 6.92 Å². The van der Waals surface area contributed by atoms with Crippen LogP contribution in [0.1, 0.15) is 33.1 Å². The van der Waals surface area contributed by atoms with Gasteiger partial charge in [0, 0.05) is 5.92 Å². The molecule has 1 saturated carbocycles. The molecule has 0 amide bonds. The Labute approximate surface area is 95.3 Å². The van der Waals surface area contributed by atoms with Crippen molar-refractivity contribution in [2.24, 2.45) is 17.8 Å². The molecule has 0 radical (unpaired) electrons. The van der Waals surface area contributed by atoms with E-state index in [1.54, 1.807) is 6.92 Å². The smallest absolute Gasteiger partial charge is 0.316 e. The number of ketones is 1. The highest BCUT2D eigenvalue weighted by atomic mass is 16.5. The minimum absolute atomic E-state index is 0.158. The number of hydrogen-bond donors (Lipinski definition) is 0. The molecule has 1 fully saturated rings. The van der Waals surface area contributed by atoms with E-state index in [9.17, 15) is 14.4 Å². The van der Waals surface area contributed by atoms with Crippen molar-refractivity contribution >= 4 is 18.0 Å². The number of hydrogen-bond acceptors (Lipinski definition) is 4. The summed E-state index contributed by atoms with van der Waals surface area (Å²) in [6.07, 6.45) is 3.30. The molecule has 1 aliphatic carbocycles. The second kappa shape index (κ2) is 5.77. The molecule has 0 saturated heterocycles. The molecule has 4 nitrogen and oxygen atoms in total. The van der Waals surface area contributed by atoms with Crippen LogP contribution in [0.3, 0.4) is 0 Å². The van der Waals surface area contributed by atoms with Gasteiger partial charge in [-0.3, -0.25) is 9.59 Å². The number of rotatable bonds is 5. The maximum atomic E-state index is 11.7. The van der Waals surface area contributed by atoms with Crippen LogP contribution in [0.15, 0.2) is 0 Å². The molecule has 1 aliphatic rings. The van der Waals surface area contributed by atoms with Gasteiger partial charge in [0.1, 0.15) is 18.0 Å². The van der Waals surface area contributed by atoms with Crippen LogP contribution < -0.4 is 0 Å². The molecule has 0 aromatic carbocycles. The minimum Gasteiger partial charge on any atom is -0.465 e. The first-order valence-corrected chi connectivity index (χ1v) is 5.74. The Morgan fingerprint density at radius 1 is 1.44 bits per heavy atom. The molecule has 0 aromatic rings. The van der Waals surface area contributed by atoms with E-state index >= 15 is 0 Å². The lowest BCUT2D eigenvalue weighted by Crippen LogP contribution is -2.34. The van der Waals surface area contributed by atoms with Crippen molar-refractivity contribution in [2.45, 2.75) is 33.1 Å². The van der Waals surface area contributed by atoms with Crippen LogP contribution in [0.2, 0.25) is 0 Å². The number of aldehydes is 1. The van der Waals surface area contributed by atoms with Crippen LogP contribution in [0.25, 0.3) is 0 Å². The fraction of sp³-hybridized carbons (Fsp3) is 0.750. The lowest BCUT2D eigenvalue weighted by atomic mass is 9.82. The summed E-state index contributed by atoms with van der Waals surface area (Å²) < 4.78 is 4.89. The molecule has 1 unspecified atom stereocenters. The third kappa shape index (κ3) is 2.68. The molecule has 0 bridgehead atoms. The maximum absolute atomic E-state index is 11.7. The standard InChI is InChI=1S/C12H18O4/c1-3-16-12(15)11(8(2)14)10-6-4-5-9(10)7-13/h7,9-11H,3-6H2,1-2H3/t9-,10+,11?/m0/s1. The molecule has 0 heterocycles. The van der Waals surface area contributed by atoms with Crippen LogP contribution in [-0.2, 0) is 19.1 Å². The van der Waals surface area contributed by atoms with Crippen LogP contribution >= 0.6 is 0 Å². The third-order valence-electron chi connectivity index (χ3n) is 3.21. The highest BCUT2D eigenvalue weighted by Crippen LogP contribution is 2.36. The Morgan fingerprint density at radius 2 is 2.12 bits per heavy atom. The highest BCUT2D eigenvalue weighted by molar-refractivity contribution is 5.98. The van der Waals surface area contributed by atoms with Gasteiger partial charge in [0.2, 0.25) is 0 Å². The van der Waals surface area contributed by atoms with Gasteiger partial charge in [0.15, 0.2) is 0 Å². The van der Waals surface area contributed by atoms with Crippen LogP contribution in [0.4, 0.5) is 0 Å². The molecule has 90 valence electrons. The Kier molecular flexibility index (Phi) is 4.65. The van der Waals surface area contributed by atoms with E-state index in [4.69, 9.17) is 4.74 Å². The molecule has 0 aromatic heterocycles. The molecule has 0 N–H and O–H groups in total. The highest BCUT2D eigenvalue weighted by Gasteiger charge is 2.40. The molecule has 0 spiro atoms. The largest absolute Gasteiger partial charge is 0.465 e. The monoisotopic (exact) mass is 226 g/mol. The van der Waals surface area contributed by atoms with Crippen LogP contribution in [0.5, 0.6) is 0 Å². The van der Waals surface area contributed by atoms with Gasteiger partial charge in [-0.2, -0.15) is 0 Å². The molecular weight excluding hydrogens is 208 g/mol. The fourth-order valence-electron chi connectivity index (χ4n) is 2.47. The number of ether oxygens (including phenoxy) is 1. The van der Waals surface area contributed by atoms with Crippen molar-refractivity contribution in [1.29, 1.82) is 0 Å². The number of esters is 1. The van der Waals surface area contributed by atoms with Gasteiger partial charge < -0.3 is 9.53 Å². The normalized spacial score (nSPS) is 26.1. The Hall–Kier alpha value is -1.19. The Morgan fingerprint density at radius 3 is 2.62 bits per heavy atom. The summed E-state index contributed by atoms with van der Waals surface area (Å²) in [5, 5.41) is 0. The number of Topliss-reactive ketones (excluding diaryl/α,β-unsaturated/α-hetero) is 1. The number of carbonyl (C=O) groups excluding carboxylic acids is 3. The predicted molar refractivity (Wildman–Crippen MR) is 57.7 cm³/mol. The van der Waals surface area contributed by atoms with Gasteiger partial charge in [-0.25, -0.2) is 0 Å². The first-order chi connectivity index (χ1) is 7.61. The van der Waals surface area contributed by atoms with Gasteiger partial charge in [-0.1, -0.05) is 6.42 Å². The summed E-state index contributed by atoms with van der Waals surface area (Å²) in [4.78, 5) is 34.0. The summed E-state index contributed by atoms with van der Waals surface area (Å²) in [7, 11) is 0. The first kappa shape index (κ1) is 12.9. The van der Waals surface area contributed by atoms with Crippen LogP contribution in [0, 0.1) is 17.8 Å². The zero-order valence-electron chi connectivity index (χ0n) is 9.77. The topological polar surface area (TPSA) is 60.4 Å². The zero-order valence-corrected chi connectivity index (χ0v) is 9.77. The van der Waals surface area contributed by atoms with E-state index in [-0.39, 0.29) is 24.2 Å². The van der Waals surface area contributed by atoms with Crippen LogP contribution in [-0.4, -0.2) is 24.6 Å². The van der Waals surface area contributed by atoms with Crippen molar-refractivity contribution in [1.82, 2.24) is 0 Å². The van der Waals surface area contributed by atoms with Gasteiger partial charge >= 0.3 is 5.97 Å². The van der Waals surface area contributed by atoms with E-state index < -0.39 is 11.9 Å². The second-order valence-electron chi connectivity index (χ2n) is 4.24. The average molecular weight is 226 g/mol. The lowest BCUT2D eigenvalue weighted by Gasteiger charge is -2.22. The summed E-state index contributed by atoms with van der Waals surface area (Å²) >= 11 is 0. The van der Waals surface area contributed by atoms with Gasteiger partial charge in [0.05, 0.1) is 6.61 Å². The fourth-order valence-corrected chi connectivity index (χ4v) is 2.47. The van der Waals surface area contributed by atoms with Crippen molar-refractivity contribution in [3.63, 3.8) is 0 Å². The summed E-state index contributed by atoms with van der Waals surface area (Å²) in [6, 6.07) is 0. The van der Waals surface area contributed by atoms with Crippen molar-refractivity contribution in [2.75, 3.05) is 6.61 Å². The minimum atomic E-state index is -0.752. The third-order valence-corrected chi connectivity index (χ3v) is 3.21. The van der Waals surface area contributed by atoms with Crippen molar-refractivity contribution in [3.8, 4) is 0 Å². The van der Waals surface area contributed by atoms with E-state index in [0.717, 1.165) is 25.5 Å². The molecule has 1 rings (SSSR count). The van der Waals surface area contributed by atoms with Crippen molar-refractivity contribution < 1.29 is 19.1 Å². The lowest BCUT2D eigenvalue weighted by molar-refractivity contribution is -0.154. The van der Waals surface area contributed by atoms with E-state index in [1.807, 2.05) is 0 Å². The molecule has 3 atom stereocenters. The molecule has 16 heavy (non-hydrogen) atoms. The molecule has 4 heteroatoms. The second-order valence-corrected chi connectivity index (χ2v) is 4.24. The predicted octanol–water partition coefficient (Wildman–Crippen LogP) is 1.37. The van der Waals surface area contributed by atoms with E-state index in [0.29, 0.717) is 0 Å². The van der Waals surface area contributed by atoms with E-state index in [2.05, 4.69) is 0 Å². The average Bonchev–Trinajstić information content (AvgIpc) is 2.66. The molecule has 0 aliphatic heterocycles. The first-order valence-electron chi connectivity index (χ1n) is 5.74. The van der Waals surface area contributed by atoms with Crippen molar-refractivity contribution in [3.05, 3.63) is 0 Å². The van der Waals surface area contributed by atoms with Gasteiger partial charge in [-0.05, 0) is 32.6 Å². The summed E-state index contributed by atoms with van der Waals surface area (Å²) in [6.45, 7) is 3.36. The van der Waals surface area contributed by atoms with Gasteiger partial charge in [-0.15, -0.1) is 0 Å². The quantitative estimate of drug-likeness (QED) is 0.403. The summed E-state index contributed by atoms with van der Waals surface area (Å²) in [5.41, 5.74) is 0. The Bertz CT molecular complexity index is 285. The zero-order chi connectivity index (χ0) is 12.1. The maximum Gasteiger partial charge on any atom is 0.316 e. The number of carbonyl (C=O) groups is 3. The Balaban J connectivity index is 2.80.